The molecule has 0 unspecified atom stereocenters. The van der Waals surface area contributed by atoms with Gasteiger partial charge in [0.15, 0.2) is 0 Å². The van der Waals surface area contributed by atoms with Crippen LogP contribution in [0, 0.1) is 0 Å². The summed E-state index contributed by atoms with van der Waals surface area (Å²) in [5, 5.41) is 1.15. The van der Waals surface area contributed by atoms with Crippen molar-refractivity contribution in [1.82, 2.24) is 16.4 Å². The van der Waals surface area contributed by atoms with Gasteiger partial charge in [-0.2, -0.15) is 5.53 Å². The van der Waals surface area contributed by atoms with E-state index in [1.54, 1.807) is 11.8 Å². The molecule has 0 atom stereocenters. The molecule has 46 valence electrons. The molecule has 0 radical (unpaired) electrons. The predicted octanol–water partition coefficient (Wildman–Crippen LogP) is 0.151. The van der Waals surface area contributed by atoms with Gasteiger partial charge in [0.2, 0.25) is 0 Å². The Bertz CT molecular complexity index is 101. The summed E-state index contributed by atoms with van der Waals surface area (Å²) in [5.74, 6) is 1.10. The average molecular weight is 131 g/mol. The van der Waals surface area contributed by atoms with E-state index < -0.39 is 0 Å². The summed E-state index contributed by atoms with van der Waals surface area (Å²) in [6.45, 7) is 2.12. The minimum Gasteiger partial charge on any atom is -0.309 e. The summed E-state index contributed by atoms with van der Waals surface area (Å²) in [6, 6.07) is 0. The van der Waals surface area contributed by atoms with Crippen molar-refractivity contribution in [2.45, 2.75) is 6.92 Å². The van der Waals surface area contributed by atoms with Crippen molar-refractivity contribution >= 4 is 11.8 Å². The van der Waals surface area contributed by atoms with Crippen molar-refractivity contribution in [3.8, 4) is 0 Å². The van der Waals surface area contributed by atoms with Crippen LogP contribution < -0.4 is 16.4 Å². The first-order chi connectivity index (χ1) is 3.93. The number of thioether (sulfide) groups is 1. The number of hydrogen-bond acceptors (Lipinski definition) is 4. The van der Waals surface area contributed by atoms with Crippen LogP contribution >= 0.6 is 11.8 Å². The molecule has 0 aromatic rings. The highest BCUT2D eigenvalue weighted by atomic mass is 32.2. The zero-order valence-corrected chi connectivity index (χ0v) is 5.51. The second-order valence-electron chi connectivity index (χ2n) is 1.34. The van der Waals surface area contributed by atoms with E-state index in [0.717, 1.165) is 10.8 Å². The molecule has 8 heavy (non-hydrogen) atoms. The van der Waals surface area contributed by atoms with Crippen LogP contribution in [0.15, 0.2) is 11.2 Å². The minimum atomic E-state index is 1.10. The third-order valence-corrected chi connectivity index (χ3v) is 1.58. The molecular formula is C4H9N3S. The molecule has 1 heterocycles. The van der Waals surface area contributed by atoms with Crippen LogP contribution in [-0.2, 0) is 0 Å². The van der Waals surface area contributed by atoms with Crippen LogP contribution in [-0.4, -0.2) is 5.75 Å². The summed E-state index contributed by atoms with van der Waals surface area (Å²) in [5.41, 5.74) is 8.48. The fourth-order valence-electron chi connectivity index (χ4n) is 0.469. The van der Waals surface area contributed by atoms with E-state index in [-0.39, 0.29) is 0 Å². The Morgan fingerprint density at radius 1 is 1.75 bits per heavy atom. The van der Waals surface area contributed by atoms with E-state index in [9.17, 15) is 0 Å². The maximum absolute atomic E-state index is 2.92. The van der Waals surface area contributed by atoms with Crippen LogP contribution in [0.2, 0.25) is 0 Å². The summed E-state index contributed by atoms with van der Waals surface area (Å²) in [6.07, 6.45) is 1.90. The first-order valence-electron chi connectivity index (χ1n) is 2.53. The topological polar surface area (TPSA) is 36.1 Å². The molecule has 0 amide bonds. The van der Waals surface area contributed by atoms with Crippen molar-refractivity contribution in [1.29, 1.82) is 0 Å². The van der Waals surface area contributed by atoms with Gasteiger partial charge in [0.05, 0.1) is 0 Å². The van der Waals surface area contributed by atoms with Crippen LogP contribution in [0.1, 0.15) is 6.92 Å². The lowest BCUT2D eigenvalue weighted by Crippen LogP contribution is -2.31. The van der Waals surface area contributed by atoms with Gasteiger partial charge in [-0.25, -0.2) is 0 Å². The molecule has 0 aliphatic carbocycles. The Labute approximate surface area is 52.9 Å². The van der Waals surface area contributed by atoms with E-state index in [1.807, 2.05) is 6.20 Å². The van der Waals surface area contributed by atoms with Crippen molar-refractivity contribution in [2.75, 3.05) is 5.75 Å². The second kappa shape index (κ2) is 2.84. The Kier molecular flexibility index (Phi) is 2.05. The highest BCUT2D eigenvalue weighted by molar-refractivity contribution is 8.02. The predicted molar refractivity (Wildman–Crippen MR) is 35.6 cm³/mol. The molecular weight excluding hydrogens is 122 g/mol. The van der Waals surface area contributed by atoms with Crippen LogP contribution in [0.3, 0.4) is 0 Å². The molecule has 0 fully saturated rings. The lowest BCUT2D eigenvalue weighted by atomic mass is 10.9. The molecule has 0 saturated carbocycles. The van der Waals surface area contributed by atoms with Gasteiger partial charge >= 0.3 is 0 Å². The number of hydrogen-bond donors (Lipinski definition) is 3. The van der Waals surface area contributed by atoms with Gasteiger partial charge in [-0.3, -0.25) is 5.43 Å². The van der Waals surface area contributed by atoms with E-state index in [2.05, 4.69) is 23.3 Å². The van der Waals surface area contributed by atoms with Gasteiger partial charge < -0.3 is 5.43 Å². The summed E-state index contributed by atoms with van der Waals surface area (Å²) < 4.78 is 0. The molecule has 0 bridgehead atoms. The van der Waals surface area contributed by atoms with E-state index >= 15 is 0 Å². The molecule has 1 aliphatic heterocycles. The maximum atomic E-state index is 2.92. The fourth-order valence-corrected chi connectivity index (χ4v) is 1.05. The molecule has 3 N–H and O–H groups in total. The lowest BCUT2D eigenvalue weighted by Gasteiger charge is -1.96. The zero-order valence-electron chi connectivity index (χ0n) is 4.69. The van der Waals surface area contributed by atoms with Gasteiger partial charge in [-0.05, 0) is 5.75 Å². The average Bonchev–Trinajstić information content (AvgIpc) is 2.19. The molecule has 0 aromatic heterocycles. The maximum Gasteiger partial charge on any atom is 0.101 e. The number of rotatable bonds is 2. The highest BCUT2D eigenvalue weighted by Crippen LogP contribution is 2.10. The van der Waals surface area contributed by atoms with Crippen molar-refractivity contribution in [3.05, 3.63) is 11.2 Å². The number of nitrogens with one attached hydrogen (secondary N) is 3. The SMILES string of the molecule is CCSC1=CNNN1. The smallest absolute Gasteiger partial charge is 0.101 e. The van der Waals surface area contributed by atoms with Crippen molar-refractivity contribution in [3.63, 3.8) is 0 Å². The van der Waals surface area contributed by atoms with Crippen LogP contribution in [0.5, 0.6) is 0 Å². The Hall–Kier alpha value is -0.350. The summed E-state index contributed by atoms with van der Waals surface area (Å²) in [7, 11) is 0. The van der Waals surface area contributed by atoms with E-state index in [1.165, 1.54) is 0 Å². The van der Waals surface area contributed by atoms with Gasteiger partial charge in [-0.15, -0.1) is 11.8 Å². The lowest BCUT2D eigenvalue weighted by molar-refractivity contribution is 0.611. The van der Waals surface area contributed by atoms with E-state index in [0.29, 0.717) is 0 Å². The number of hydrazine groups is 2. The van der Waals surface area contributed by atoms with Gasteiger partial charge in [0.1, 0.15) is 5.03 Å². The Balaban J connectivity index is 2.23. The van der Waals surface area contributed by atoms with Gasteiger partial charge in [0.25, 0.3) is 0 Å². The van der Waals surface area contributed by atoms with E-state index in [4.69, 9.17) is 0 Å². The van der Waals surface area contributed by atoms with Crippen molar-refractivity contribution < 1.29 is 0 Å². The molecule has 4 heteroatoms. The Morgan fingerprint density at radius 3 is 3.12 bits per heavy atom. The molecule has 3 nitrogen and oxygen atoms in total. The van der Waals surface area contributed by atoms with Gasteiger partial charge in [0, 0.05) is 6.20 Å². The highest BCUT2D eigenvalue weighted by Gasteiger charge is 1.98. The largest absolute Gasteiger partial charge is 0.309 e. The minimum absolute atomic E-state index is 1.10. The normalized spacial score (nSPS) is 16.9. The zero-order chi connectivity index (χ0) is 5.82. The molecule has 0 spiro atoms. The monoisotopic (exact) mass is 131 g/mol. The molecule has 0 saturated heterocycles. The van der Waals surface area contributed by atoms with Gasteiger partial charge in [-0.1, -0.05) is 6.92 Å². The Morgan fingerprint density at radius 2 is 2.62 bits per heavy atom. The van der Waals surface area contributed by atoms with Crippen molar-refractivity contribution in [2.24, 2.45) is 0 Å². The third kappa shape index (κ3) is 1.31. The first-order valence-corrected chi connectivity index (χ1v) is 3.51. The standard InChI is InChI=1S/C4H9N3S/c1-2-8-4-3-5-7-6-4/h3,5-7H,2H2,1H3. The van der Waals surface area contributed by atoms with Crippen LogP contribution in [0.25, 0.3) is 0 Å². The first kappa shape index (κ1) is 5.78. The third-order valence-electron chi connectivity index (χ3n) is 0.761. The second-order valence-corrected chi connectivity index (χ2v) is 2.64. The molecule has 1 rings (SSSR count). The summed E-state index contributed by atoms with van der Waals surface area (Å²) >= 11 is 1.76. The van der Waals surface area contributed by atoms with Crippen LogP contribution in [0.4, 0.5) is 0 Å². The summed E-state index contributed by atoms with van der Waals surface area (Å²) in [4.78, 5) is 0. The molecule has 1 aliphatic rings. The fraction of sp³-hybridized carbons (Fsp3) is 0.500. The molecule has 0 aromatic carbocycles. The quantitative estimate of drug-likeness (QED) is 0.498.